The molecule has 0 aliphatic carbocycles. The van der Waals surface area contributed by atoms with Crippen LogP contribution in [0.5, 0.6) is 0 Å². The fraction of sp³-hybridized carbons (Fsp3) is 0.323. The Morgan fingerprint density at radius 3 is 2.46 bits per heavy atom. The average molecular weight is 576 g/mol. The molecule has 0 saturated carbocycles. The molecular formula is C31H37N5O4S. The van der Waals surface area contributed by atoms with Crippen LogP contribution in [-0.4, -0.2) is 53.9 Å². The molecule has 3 aromatic carbocycles. The van der Waals surface area contributed by atoms with Crippen molar-refractivity contribution in [2.45, 2.75) is 43.9 Å². The highest BCUT2D eigenvalue weighted by molar-refractivity contribution is 7.99. The van der Waals surface area contributed by atoms with Gasteiger partial charge in [0.2, 0.25) is 5.91 Å². The lowest BCUT2D eigenvalue weighted by Crippen LogP contribution is -2.54. The van der Waals surface area contributed by atoms with Crippen LogP contribution in [0, 0.1) is 5.92 Å². The minimum absolute atomic E-state index is 0.0420. The number of nitrogens with two attached hydrogens (primary N) is 1. The number of hydrogen-bond donors (Lipinski definition) is 5. The van der Waals surface area contributed by atoms with Crippen molar-refractivity contribution >= 4 is 35.3 Å². The standard InChI is InChI=1S/C31H37N5O4S/c1-20(2)28(32)29(38)35-25-19-41-27-10-6-5-9-26(27)36(30(25)39)18-21-11-13-22(14-12-21)24-8-4-3-7-23(24)17-34-31(40)33-15-16-37/h3-14,20,25,28,37H,15-19,32H2,1-2H3,(H,35,38)(H2,33,34,40)/t25-,28?/m1/s1. The van der Waals surface area contributed by atoms with Crippen molar-refractivity contribution in [3.05, 3.63) is 83.9 Å². The van der Waals surface area contributed by atoms with Crippen LogP contribution >= 0.6 is 11.8 Å². The van der Waals surface area contributed by atoms with E-state index < -0.39 is 12.1 Å². The second-order valence-electron chi connectivity index (χ2n) is 10.2. The molecule has 41 heavy (non-hydrogen) atoms. The molecule has 1 unspecified atom stereocenters. The Kier molecular flexibility index (Phi) is 10.4. The predicted octanol–water partition coefficient (Wildman–Crippen LogP) is 3.25. The van der Waals surface area contributed by atoms with Crippen LogP contribution in [0.15, 0.2) is 77.7 Å². The maximum absolute atomic E-state index is 13.8. The van der Waals surface area contributed by atoms with Gasteiger partial charge in [0.1, 0.15) is 6.04 Å². The molecule has 4 rings (SSSR count). The van der Waals surface area contributed by atoms with Crippen molar-refractivity contribution in [2.75, 3.05) is 23.8 Å². The maximum atomic E-state index is 13.8. The lowest BCUT2D eigenvalue weighted by atomic mass is 9.98. The molecule has 0 spiro atoms. The zero-order valence-electron chi connectivity index (χ0n) is 23.3. The van der Waals surface area contributed by atoms with E-state index in [-0.39, 0.29) is 36.9 Å². The van der Waals surface area contributed by atoms with E-state index in [0.29, 0.717) is 18.8 Å². The van der Waals surface area contributed by atoms with Gasteiger partial charge in [-0.2, -0.15) is 0 Å². The van der Waals surface area contributed by atoms with Crippen molar-refractivity contribution in [3.8, 4) is 11.1 Å². The summed E-state index contributed by atoms with van der Waals surface area (Å²) in [5, 5.41) is 17.2. The summed E-state index contributed by atoms with van der Waals surface area (Å²) in [4.78, 5) is 41.2. The summed E-state index contributed by atoms with van der Waals surface area (Å²) in [6.45, 7) is 4.50. The molecule has 2 atom stereocenters. The molecule has 0 radical (unpaired) electrons. The minimum Gasteiger partial charge on any atom is -0.395 e. The first-order valence-electron chi connectivity index (χ1n) is 13.7. The van der Waals surface area contributed by atoms with Gasteiger partial charge in [-0.05, 0) is 40.3 Å². The van der Waals surface area contributed by atoms with Crippen LogP contribution in [0.25, 0.3) is 11.1 Å². The first-order chi connectivity index (χ1) is 19.8. The van der Waals surface area contributed by atoms with Crippen molar-refractivity contribution in [1.29, 1.82) is 0 Å². The topological polar surface area (TPSA) is 137 Å². The molecule has 0 bridgehead atoms. The van der Waals surface area contributed by atoms with Gasteiger partial charge < -0.3 is 31.7 Å². The van der Waals surface area contributed by atoms with Gasteiger partial charge >= 0.3 is 6.03 Å². The third-order valence-corrected chi connectivity index (χ3v) is 8.08. The van der Waals surface area contributed by atoms with E-state index in [1.807, 2.05) is 86.6 Å². The summed E-state index contributed by atoms with van der Waals surface area (Å²) >= 11 is 1.55. The van der Waals surface area contributed by atoms with Crippen molar-refractivity contribution < 1.29 is 19.5 Å². The lowest BCUT2D eigenvalue weighted by molar-refractivity contribution is -0.128. The van der Waals surface area contributed by atoms with E-state index in [1.54, 1.807) is 16.7 Å². The van der Waals surface area contributed by atoms with Crippen molar-refractivity contribution in [2.24, 2.45) is 11.7 Å². The number of nitrogens with one attached hydrogen (secondary N) is 3. The van der Waals surface area contributed by atoms with Gasteiger partial charge in [-0.15, -0.1) is 11.8 Å². The zero-order chi connectivity index (χ0) is 29.4. The number of carbonyl (C=O) groups excluding carboxylic acids is 3. The summed E-state index contributed by atoms with van der Waals surface area (Å²) in [7, 11) is 0. The monoisotopic (exact) mass is 575 g/mol. The Morgan fingerprint density at radius 2 is 1.73 bits per heavy atom. The maximum Gasteiger partial charge on any atom is 0.315 e. The fourth-order valence-electron chi connectivity index (χ4n) is 4.53. The number of benzene rings is 3. The number of urea groups is 1. The highest BCUT2D eigenvalue weighted by Gasteiger charge is 2.33. The zero-order valence-corrected chi connectivity index (χ0v) is 24.1. The number of fused-ring (bicyclic) bond motifs is 1. The molecule has 0 fully saturated rings. The molecular weight excluding hydrogens is 538 g/mol. The Hall–Kier alpha value is -3.86. The number of amides is 4. The van der Waals surface area contributed by atoms with Gasteiger partial charge in [0.25, 0.3) is 5.91 Å². The average Bonchev–Trinajstić information content (AvgIpc) is 3.11. The van der Waals surface area contributed by atoms with Crippen LogP contribution in [-0.2, 0) is 22.7 Å². The SMILES string of the molecule is CC(C)C(N)C(=O)N[C@@H]1CSc2ccccc2N(Cc2ccc(-c3ccccc3CNC(=O)NCCO)cc2)C1=O. The molecule has 1 heterocycles. The number of hydrogen-bond acceptors (Lipinski definition) is 6. The van der Waals surface area contributed by atoms with E-state index in [9.17, 15) is 14.4 Å². The van der Waals surface area contributed by atoms with E-state index in [2.05, 4.69) is 16.0 Å². The first kappa shape index (κ1) is 30.1. The predicted molar refractivity (Wildman–Crippen MR) is 162 cm³/mol. The second-order valence-corrected chi connectivity index (χ2v) is 11.3. The molecule has 6 N–H and O–H groups in total. The molecule has 3 aromatic rings. The Morgan fingerprint density at radius 1 is 1.02 bits per heavy atom. The van der Waals surface area contributed by atoms with E-state index in [4.69, 9.17) is 10.8 Å². The molecule has 1 aliphatic heterocycles. The van der Waals surface area contributed by atoms with E-state index in [1.165, 1.54) is 0 Å². The summed E-state index contributed by atoms with van der Waals surface area (Å²) in [5.74, 6) is -0.121. The number of para-hydroxylation sites is 1. The number of aliphatic hydroxyl groups excluding tert-OH is 1. The van der Waals surface area contributed by atoms with Gasteiger partial charge in [0.05, 0.1) is 24.9 Å². The van der Waals surface area contributed by atoms with E-state index >= 15 is 0 Å². The largest absolute Gasteiger partial charge is 0.395 e. The molecule has 0 aromatic heterocycles. The molecule has 0 saturated heterocycles. The third-order valence-electron chi connectivity index (χ3n) is 6.92. The summed E-state index contributed by atoms with van der Waals surface area (Å²) < 4.78 is 0. The summed E-state index contributed by atoms with van der Waals surface area (Å²) in [6.07, 6.45) is 0. The normalized spacial score (nSPS) is 15.6. The lowest BCUT2D eigenvalue weighted by Gasteiger charge is -2.27. The van der Waals surface area contributed by atoms with Crippen LogP contribution < -0.4 is 26.6 Å². The molecule has 4 amide bonds. The van der Waals surface area contributed by atoms with Crippen LogP contribution in [0.4, 0.5) is 10.5 Å². The number of nitrogens with zero attached hydrogens (tertiary/aromatic N) is 1. The Balaban J connectivity index is 1.53. The highest BCUT2D eigenvalue weighted by atomic mass is 32.2. The minimum atomic E-state index is -0.696. The number of rotatable bonds is 10. The van der Waals surface area contributed by atoms with Crippen LogP contribution in [0.3, 0.4) is 0 Å². The van der Waals surface area contributed by atoms with Gasteiger partial charge in [-0.25, -0.2) is 4.79 Å². The quantitative estimate of drug-likeness (QED) is 0.252. The Labute approximate surface area is 244 Å². The van der Waals surface area contributed by atoms with Gasteiger partial charge in [-0.3, -0.25) is 9.59 Å². The molecule has 9 nitrogen and oxygen atoms in total. The van der Waals surface area contributed by atoms with Gasteiger partial charge in [-0.1, -0.05) is 74.5 Å². The number of aliphatic hydroxyl groups is 1. The molecule has 216 valence electrons. The second kappa shape index (κ2) is 14.2. The number of anilines is 1. The molecule has 1 aliphatic rings. The van der Waals surface area contributed by atoms with Crippen LogP contribution in [0.2, 0.25) is 0 Å². The summed E-state index contributed by atoms with van der Waals surface area (Å²) in [5.41, 5.74) is 10.7. The number of thioether (sulfide) groups is 1. The summed E-state index contributed by atoms with van der Waals surface area (Å²) in [6, 6.07) is 21.9. The molecule has 10 heteroatoms. The van der Waals surface area contributed by atoms with E-state index in [0.717, 1.165) is 32.8 Å². The Bertz CT molecular complexity index is 1360. The van der Waals surface area contributed by atoms with Gasteiger partial charge in [0, 0.05) is 23.7 Å². The highest BCUT2D eigenvalue weighted by Crippen LogP contribution is 2.35. The van der Waals surface area contributed by atoms with Gasteiger partial charge in [0.15, 0.2) is 0 Å². The smallest absolute Gasteiger partial charge is 0.315 e. The third kappa shape index (κ3) is 7.66. The first-order valence-corrected chi connectivity index (χ1v) is 14.7. The number of carbonyl (C=O) groups is 3. The van der Waals surface area contributed by atoms with Crippen LogP contribution in [0.1, 0.15) is 25.0 Å². The van der Waals surface area contributed by atoms with Crippen molar-refractivity contribution in [1.82, 2.24) is 16.0 Å². The fourth-order valence-corrected chi connectivity index (χ4v) is 5.60. The van der Waals surface area contributed by atoms with Crippen molar-refractivity contribution in [3.63, 3.8) is 0 Å².